The van der Waals surface area contributed by atoms with Gasteiger partial charge in [-0.15, -0.1) is 5.12 Å². The number of aliphatic hydroxyl groups excluding tert-OH is 2. The third-order valence-corrected chi connectivity index (χ3v) is 5.70. The van der Waals surface area contributed by atoms with Gasteiger partial charge in [0.2, 0.25) is 0 Å². The van der Waals surface area contributed by atoms with E-state index in [0.29, 0.717) is 25.8 Å². The Kier molecular flexibility index (Phi) is 11.4. The normalized spacial score (nSPS) is 17.2. The Bertz CT molecular complexity index is 582. The molecule has 0 bridgehead atoms. The monoisotopic (exact) mass is 440 g/mol. The second-order valence-electron chi connectivity index (χ2n) is 10.1. The lowest BCUT2D eigenvalue weighted by Gasteiger charge is -2.33. The van der Waals surface area contributed by atoms with Crippen LogP contribution < -0.4 is 5.53 Å². The molecule has 0 amide bonds. The molecule has 2 atom stereocenters. The number of hydrogen-bond donors (Lipinski definition) is 4. The van der Waals surface area contributed by atoms with Crippen LogP contribution in [0.5, 0.6) is 0 Å². The van der Waals surface area contributed by atoms with E-state index < -0.39 is 0 Å². The van der Waals surface area contributed by atoms with Gasteiger partial charge in [0, 0.05) is 20.1 Å². The molecule has 0 fully saturated rings. The molecule has 1 aliphatic rings. The van der Waals surface area contributed by atoms with Crippen LogP contribution in [0.25, 0.3) is 0 Å². The molecule has 1 aliphatic heterocycles. The summed E-state index contributed by atoms with van der Waals surface area (Å²) in [6.07, 6.45) is 7.65. The van der Waals surface area contributed by atoms with Gasteiger partial charge in [-0.1, -0.05) is 32.9 Å². The van der Waals surface area contributed by atoms with E-state index in [1.54, 1.807) is 13.4 Å². The Labute approximate surface area is 187 Å². The lowest BCUT2D eigenvalue weighted by molar-refractivity contribution is 0.0153. The van der Waals surface area contributed by atoms with Gasteiger partial charge >= 0.3 is 0 Å². The summed E-state index contributed by atoms with van der Waals surface area (Å²) >= 11 is 0. The van der Waals surface area contributed by atoms with E-state index in [1.165, 1.54) is 11.3 Å². The maximum Gasteiger partial charge on any atom is 0.128 e. The van der Waals surface area contributed by atoms with Gasteiger partial charge in [0.25, 0.3) is 0 Å². The van der Waals surface area contributed by atoms with E-state index in [0.717, 1.165) is 32.2 Å². The van der Waals surface area contributed by atoms with Crippen LogP contribution in [0.4, 0.5) is 0 Å². The van der Waals surface area contributed by atoms with Crippen molar-refractivity contribution in [2.24, 2.45) is 26.3 Å². The van der Waals surface area contributed by atoms with Crippen molar-refractivity contribution in [2.45, 2.75) is 84.8 Å². The highest BCUT2D eigenvalue weighted by atomic mass is 16.3. The fraction of sp³-hybridized carbons (Fsp3) is 0.905. The molecule has 180 valence electrons. The number of rotatable bonds is 16. The Morgan fingerprint density at radius 2 is 1.68 bits per heavy atom. The van der Waals surface area contributed by atoms with Gasteiger partial charge in [-0.05, 0) is 55.8 Å². The molecule has 0 radical (unpaired) electrons. The number of nitrogens with one attached hydrogen (secondary N) is 2. The zero-order valence-corrected chi connectivity index (χ0v) is 20.3. The first-order valence-corrected chi connectivity index (χ1v) is 11.2. The molecule has 0 aromatic heterocycles. The maximum atomic E-state index is 10.4. The van der Waals surface area contributed by atoms with Crippen molar-refractivity contribution in [1.82, 2.24) is 20.7 Å². The molecular formula is C21H44N8O2. The molecular weight excluding hydrogens is 396 g/mol. The number of nitrogens with zero attached hydrogens (tertiary/aromatic N) is 6. The van der Waals surface area contributed by atoms with Crippen LogP contribution in [0.2, 0.25) is 0 Å². The summed E-state index contributed by atoms with van der Waals surface area (Å²) < 4.78 is 0. The first-order valence-electron chi connectivity index (χ1n) is 11.2. The summed E-state index contributed by atoms with van der Waals surface area (Å²) in [4.78, 5) is 0. The van der Waals surface area contributed by atoms with Gasteiger partial charge in [0.15, 0.2) is 0 Å². The fourth-order valence-electron chi connectivity index (χ4n) is 3.70. The van der Waals surface area contributed by atoms with Gasteiger partial charge in [0.05, 0.1) is 19.3 Å². The van der Waals surface area contributed by atoms with Crippen molar-refractivity contribution >= 4 is 12.7 Å². The molecule has 31 heavy (non-hydrogen) atoms. The van der Waals surface area contributed by atoms with Crippen LogP contribution in [-0.2, 0) is 0 Å². The Morgan fingerprint density at radius 3 is 2.16 bits per heavy atom. The lowest BCUT2D eigenvalue weighted by atomic mass is 9.85. The number of hydrazone groups is 1. The van der Waals surface area contributed by atoms with Crippen molar-refractivity contribution in [3.05, 3.63) is 0 Å². The van der Waals surface area contributed by atoms with Crippen LogP contribution in [0.3, 0.4) is 0 Å². The highest BCUT2D eigenvalue weighted by Gasteiger charge is 2.26. The standard InChI is InChI=1S/C21H44N8O2/c1-20(2,14-28(16-22)25-23-5)12-10-18(30)8-7-9-19(31)11-13-21(3,4)15-29-17-24-26-27(29)6/h16-19,22,26,30-31H,7-15H2,1-6H3. The Hall–Kier alpha value is -1.78. The third-order valence-electron chi connectivity index (χ3n) is 5.70. The SMILES string of the molecule is CN=NN(C=N)CC(C)(C)CCC(O)CCCC(O)CCC(C)(C)CN1C=NNN1C. The lowest BCUT2D eigenvalue weighted by Crippen LogP contribution is -2.44. The van der Waals surface area contributed by atoms with E-state index in [9.17, 15) is 10.2 Å². The predicted molar refractivity (Wildman–Crippen MR) is 124 cm³/mol. The Morgan fingerprint density at radius 1 is 1.10 bits per heavy atom. The average Bonchev–Trinajstić information content (AvgIpc) is 3.08. The van der Waals surface area contributed by atoms with Crippen LogP contribution >= 0.6 is 0 Å². The summed E-state index contributed by atoms with van der Waals surface area (Å²) in [6, 6.07) is 0. The van der Waals surface area contributed by atoms with Crippen molar-refractivity contribution in [3.8, 4) is 0 Å². The van der Waals surface area contributed by atoms with E-state index in [4.69, 9.17) is 5.41 Å². The zero-order chi connectivity index (χ0) is 23.5. The molecule has 10 heteroatoms. The molecule has 0 saturated heterocycles. The molecule has 0 aliphatic carbocycles. The zero-order valence-electron chi connectivity index (χ0n) is 20.3. The van der Waals surface area contributed by atoms with Gasteiger partial charge < -0.3 is 10.2 Å². The van der Waals surface area contributed by atoms with Crippen LogP contribution in [0, 0.1) is 16.2 Å². The van der Waals surface area contributed by atoms with E-state index >= 15 is 0 Å². The van der Waals surface area contributed by atoms with Gasteiger partial charge in [-0.25, -0.2) is 10.5 Å². The quantitative estimate of drug-likeness (QED) is 0.127. The van der Waals surface area contributed by atoms with Gasteiger partial charge in [-0.3, -0.25) is 10.4 Å². The Balaban J connectivity index is 2.23. The first-order chi connectivity index (χ1) is 14.5. The summed E-state index contributed by atoms with van der Waals surface area (Å²) in [6.45, 7) is 10.0. The number of hydrogen-bond acceptors (Lipinski definition) is 9. The van der Waals surface area contributed by atoms with Crippen LogP contribution in [0.1, 0.15) is 72.6 Å². The highest BCUT2D eigenvalue weighted by Crippen LogP contribution is 2.27. The molecule has 1 rings (SSSR count). The third kappa shape index (κ3) is 11.4. The van der Waals surface area contributed by atoms with Crippen LogP contribution in [0.15, 0.2) is 15.4 Å². The minimum absolute atomic E-state index is 0.0556. The minimum atomic E-state index is -0.373. The van der Waals surface area contributed by atoms with Crippen LogP contribution in [-0.4, -0.2) is 77.4 Å². The predicted octanol–water partition coefficient (Wildman–Crippen LogP) is 3.01. The highest BCUT2D eigenvalue weighted by molar-refractivity contribution is 5.55. The van der Waals surface area contributed by atoms with Crippen molar-refractivity contribution in [2.75, 3.05) is 27.2 Å². The van der Waals surface area contributed by atoms with Crippen molar-refractivity contribution in [3.63, 3.8) is 0 Å². The number of aliphatic hydroxyl groups is 2. The molecule has 0 aromatic carbocycles. The molecule has 10 nitrogen and oxygen atoms in total. The smallest absolute Gasteiger partial charge is 0.128 e. The van der Waals surface area contributed by atoms with E-state index in [1.807, 2.05) is 17.2 Å². The second kappa shape index (κ2) is 12.9. The maximum absolute atomic E-state index is 10.4. The fourth-order valence-corrected chi connectivity index (χ4v) is 3.70. The summed E-state index contributed by atoms with van der Waals surface area (Å²) in [7, 11) is 3.51. The van der Waals surface area contributed by atoms with Gasteiger partial charge in [-0.2, -0.15) is 10.2 Å². The molecule has 0 spiro atoms. The molecule has 1 heterocycles. The minimum Gasteiger partial charge on any atom is -0.393 e. The van der Waals surface area contributed by atoms with Gasteiger partial charge in [0.1, 0.15) is 12.7 Å². The first kappa shape index (κ1) is 27.3. The topological polar surface area (TPSA) is 123 Å². The van der Waals surface area contributed by atoms with E-state index in [-0.39, 0.29) is 23.0 Å². The molecule has 4 N–H and O–H groups in total. The van der Waals surface area contributed by atoms with Crippen molar-refractivity contribution < 1.29 is 10.2 Å². The van der Waals surface area contributed by atoms with E-state index in [2.05, 4.69) is 48.7 Å². The number of hydrazine groups is 2. The molecule has 0 aromatic rings. The summed E-state index contributed by atoms with van der Waals surface area (Å²) in [5.74, 6) is 0. The molecule has 0 saturated carbocycles. The largest absolute Gasteiger partial charge is 0.393 e. The van der Waals surface area contributed by atoms with Crippen molar-refractivity contribution in [1.29, 1.82) is 5.41 Å². The second-order valence-corrected chi connectivity index (χ2v) is 10.1. The molecule has 2 unspecified atom stereocenters. The summed E-state index contributed by atoms with van der Waals surface area (Å²) in [5.41, 5.74) is 2.84. The average molecular weight is 441 g/mol. The summed E-state index contributed by atoms with van der Waals surface area (Å²) in [5, 5.41) is 45.1.